The maximum absolute atomic E-state index is 6.23. The molecule has 21 heavy (non-hydrogen) atoms. The molecule has 0 saturated heterocycles. The van der Waals surface area contributed by atoms with E-state index in [9.17, 15) is 0 Å². The van der Waals surface area contributed by atoms with Gasteiger partial charge in [0.05, 0.1) is 11.2 Å². The van der Waals surface area contributed by atoms with Crippen molar-refractivity contribution in [3.8, 4) is 11.5 Å². The van der Waals surface area contributed by atoms with Crippen molar-refractivity contribution in [2.45, 2.75) is 20.8 Å². The number of nitrogens with zero attached hydrogens (tertiary/aromatic N) is 1. The molecule has 3 aromatic rings. The Kier molecular flexibility index (Phi) is 3.26. The van der Waals surface area contributed by atoms with Crippen LogP contribution in [0, 0.1) is 20.8 Å². The van der Waals surface area contributed by atoms with E-state index in [0.29, 0.717) is 11.4 Å². The van der Waals surface area contributed by atoms with E-state index in [1.807, 2.05) is 30.3 Å². The lowest BCUT2D eigenvalue weighted by molar-refractivity contribution is 0.481. The molecule has 0 saturated carbocycles. The molecule has 0 amide bonds. The molecule has 0 aliphatic carbocycles. The summed E-state index contributed by atoms with van der Waals surface area (Å²) >= 11 is 0. The number of benzene rings is 2. The van der Waals surface area contributed by atoms with Crippen LogP contribution in [0.5, 0.6) is 11.5 Å². The molecule has 0 radical (unpaired) electrons. The van der Waals surface area contributed by atoms with Gasteiger partial charge in [-0.25, -0.2) is 0 Å². The van der Waals surface area contributed by atoms with E-state index in [1.54, 1.807) is 6.20 Å². The number of aromatic nitrogens is 1. The molecule has 3 rings (SSSR count). The van der Waals surface area contributed by atoms with Crippen molar-refractivity contribution in [1.82, 2.24) is 4.98 Å². The van der Waals surface area contributed by atoms with Crippen molar-refractivity contribution in [3.05, 3.63) is 59.3 Å². The summed E-state index contributed by atoms with van der Waals surface area (Å²) in [5.41, 5.74) is 11.2. The Balaban J connectivity index is 2.08. The van der Waals surface area contributed by atoms with E-state index < -0.39 is 0 Å². The highest BCUT2D eigenvalue weighted by atomic mass is 16.5. The molecule has 106 valence electrons. The zero-order valence-electron chi connectivity index (χ0n) is 12.5. The third-order valence-electron chi connectivity index (χ3n) is 3.77. The lowest BCUT2D eigenvalue weighted by Gasteiger charge is -2.14. The molecule has 2 aromatic carbocycles. The van der Waals surface area contributed by atoms with Gasteiger partial charge in [0, 0.05) is 11.6 Å². The molecular formula is C18H18N2O. The number of anilines is 1. The summed E-state index contributed by atoms with van der Waals surface area (Å²) in [6.45, 7) is 6.21. The number of aryl methyl sites for hydroxylation is 2. The number of ether oxygens (including phenoxy) is 1. The molecule has 0 unspecified atom stereocenters. The van der Waals surface area contributed by atoms with Crippen LogP contribution in [0.1, 0.15) is 16.7 Å². The summed E-state index contributed by atoms with van der Waals surface area (Å²) in [6, 6.07) is 11.8. The second kappa shape index (κ2) is 5.09. The summed E-state index contributed by atoms with van der Waals surface area (Å²) in [7, 11) is 0. The van der Waals surface area contributed by atoms with Gasteiger partial charge in [0.25, 0.3) is 0 Å². The molecule has 0 atom stereocenters. The van der Waals surface area contributed by atoms with Crippen LogP contribution in [0.4, 0.5) is 5.69 Å². The summed E-state index contributed by atoms with van der Waals surface area (Å²) in [4.78, 5) is 4.30. The molecule has 0 aliphatic rings. The van der Waals surface area contributed by atoms with Crippen molar-refractivity contribution in [1.29, 1.82) is 0 Å². The fraction of sp³-hybridized carbons (Fsp3) is 0.167. The molecule has 2 N–H and O–H groups in total. The number of hydrogen-bond donors (Lipinski definition) is 1. The van der Waals surface area contributed by atoms with Crippen LogP contribution in [0.3, 0.4) is 0 Å². The van der Waals surface area contributed by atoms with E-state index in [-0.39, 0.29) is 0 Å². The Morgan fingerprint density at radius 3 is 2.62 bits per heavy atom. The lowest BCUT2D eigenvalue weighted by Crippen LogP contribution is -1.96. The van der Waals surface area contributed by atoms with Gasteiger partial charge >= 0.3 is 0 Å². The van der Waals surface area contributed by atoms with Crippen molar-refractivity contribution in [2.75, 3.05) is 5.73 Å². The monoisotopic (exact) mass is 278 g/mol. The fourth-order valence-electron chi connectivity index (χ4n) is 2.47. The van der Waals surface area contributed by atoms with E-state index in [0.717, 1.165) is 22.2 Å². The first kappa shape index (κ1) is 13.4. The van der Waals surface area contributed by atoms with E-state index in [1.165, 1.54) is 11.1 Å². The Hall–Kier alpha value is -2.55. The smallest absolute Gasteiger partial charge is 0.151 e. The fourth-order valence-corrected chi connectivity index (χ4v) is 2.47. The SMILES string of the molecule is Cc1cc(C)c(C)c(Oc2ccc3ncccc3c2N)c1. The van der Waals surface area contributed by atoms with E-state index in [2.05, 4.69) is 31.8 Å². The van der Waals surface area contributed by atoms with E-state index >= 15 is 0 Å². The van der Waals surface area contributed by atoms with Gasteiger partial charge in [-0.1, -0.05) is 6.07 Å². The molecule has 3 heteroatoms. The number of nitrogen functional groups attached to an aromatic ring is 1. The summed E-state index contributed by atoms with van der Waals surface area (Å²) in [6.07, 6.45) is 1.76. The average Bonchev–Trinajstić information content (AvgIpc) is 2.47. The van der Waals surface area contributed by atoms with Crippen LogP contribution < -0.4 is 10.5 Å². The van der Waals surface area contributed by atoms with Gasteiger partial charge < -0.3 is 10.5 Å². The molecule has 0 spiro atoms. The van der Waals surface area contributed by atoms with Gasteiger partial charge in [-0.2, -0.15) is 0 Å². The predicted octanol–water partition coefficient (Wildman–Crippen LogP) is 4.53. The summed E-state index contributed by atoms with van der Waals surface area (Å²) in [5, 5.41) is 0.914. The highest BCUT2D eigenvalue weighted by molar-refractivity contribution is 5.93. The topological polar surface area (TPSA) is 48.1 Å². The minimum Gasteiger partial charge on any atom is -0.455 e. The molecule has 1 heterocycles. The zero-order valence-corrected chi connectivity index (χ0v) is 12.5. The van der Waals surface area contributed by atoms with Crippen LogP contribution in [0.15, 0.2) is 42.6 Å². The number of fused-ring (bicyclic) bond motifs is 1. The largest absolute Gasteiger partial charge is 0.455 e. The maximum atomic E-state index is 6.23. The van der Waals surface area contributed by atoms with Crippen molar-refractivity contribution >= 4 is 16.6 Å². The third kappa shape index (κ3) is 2.42. The minimum absolute atomic E-state index is 0.624. The normalized spacial score (nSPS) is 10.8. The van der Waals surface area contributed by atoms with Gasteiger partial charge in [-0.05, 0) is 67.8 Å². The van der Waals surface area contributed by atoms with Gasteiger partial charge in [0.2, 0.25) is 0 Å². The number of pyridine rings is 1. The zero-order chi connectivity index (χ0) is 15.0. The molecule has 0 bridgehead atoms. The quantitative estimate of drug-likeness (QED) is 0.700. The van der Waals surface area contributed by atoms with Crippen molar-refractivity contribution in [2.24, 2.45) is 0 Å². The summed E-state index contributed by atoms with van der Waals surface area (Å²) in [5.74, 6) is 1.52. The Morgan fingerprint density at radius 1 is 1.00 bits per heavy atom. The van der Waals surface area contributed by atoms with Crippen LogP contribution in [-0.2, 0) is 0 Å². The maximum Gasteiger partial charge on any atom is 0.151 e. The van der Waals surface area contributed by atoms with Crippen LogP contribution >= 0.6 is 0 Å². The van der Waals surface area contributed by atoms with Crippen molar-refractivity contribution < 1.29 is 4.74 Å². The van der Waals surface area contributed by atoms with Crippen molar-refractivity contribution in [3.63, 3.8) is 0 Å². The Labute approximate surface area is 124 Å². The molecular weight excluding hydrogens is 260 g/mol. The minimum atomic E-state index is 0.624. The highest BCUT2D eigenvalue weighted by Gasteiger charge is 2.10. The average molecular weight is 278 g/mol. The van der Waals surface area contributed by atoms with Gasteiger partial charge in [0.15, 0.2) is 5.75 Å². The predicted molar refractivity (Wildman–Crippen MR) is 86.9 cm³/mol. The van der Waals surface area contributed by atoms with Crippen LogP contribution in [0.25, 0.3) is 10.9 Å². The highest BCUT2D eigenvalue weighted by Crippen LogP contribution is 2.35. The second-order valence-electron chi connectivity index (χ2n) is 5.35. The molecule has 1 aromatic heterocycles. The summed E-state index contributed by atoms with van der Waals surface area (Å²) < 4.78 is 6.06. The Bertz CT molecular complexity index is 825. The first-order chi connectivity index (χ1) is 10.1. The first-order valence-corrected chi connectivity index (χ1v) is 6.95. The van der Waals surface area contributed by atoms with Gasteiger partial charge in [-0.15, -0.1) is 0 Å². The first-order valence-electron chi connectivity index (χ1n) is 6.95. The Morgan fingerprint density at radius 2 is 1.81 bits per heavy atom. The van der Waals surface area contributed by atoms with Crippen LogP contribution in [-0.4, -0.2) is 4.98 Å². The van der Waals surface area contributed by atoms with Crippen LogP contribution in [0.2, 0.25) is 0 Å². The number of hydrogen-bond acceptors (Lipinski definition) is 3. The van der Waals surface area contributed by atoms with Gasteiger partial charge in [0.1, 0.15) is 5.75 Å². The molecule has 0 aliphatic heterocycles. The van der Waals surface area contributed by atoms with Gasteiger partial charge in [-0.3, -0.25) is 4.98 Å². The molecule has 0 fully saturated rings. The van der Waals surface area contributed by atoms with E-state index in [4.69, 9.17) is 10.5 Å². The number of rotatable bonds is 2. The standard InChI is InChI=1S/C18H18N2O/c1-11-9-12(2)13(3)17(10-11)21-16-7-6-15-14(18(16)19)5-4-8-20-15/h4-10H,19H2,1-3H3. The third-order valence-corrected chi connectivity index (χ3v) is 3.77. The lowest BCUT2D eigenvalue weighted by atomic mass is 10.1. The second-order valence-corrected chi connectivity index (χ2v) is 5.35. The molecule has 3 nitrogen and oxygen atoms in total. The number of nitrogens with two attached hydrogens (primary N) is 1.